The largest absolute Gasteiger partial charge is 0.507 e. The maximum atomic E-state index is 13.9. The number of benzene rings is 3. The predicted octanol–water partition coefficient (Wildman–Crippen LogP) is 4.17. The molecule has 1 aliphatic rings. The van der Waals surface area contributed by atoms with Gasteiger partial charge in [-0.2, -0.15) is 0 Å². The molecule has 0 atom stereocenters. The second-order valence-corrected chi connectivity index (χ2v) is 6.25. The summed E-state index contributed by atoms with van der Waals surface area (Å²) in [6.07, 6.45) is 0. The van der Waals surface area contributed by atoms with Gasteiger partial charge in [0.15, 0.2) is 34.8 Å². The molecule has 0 fully saturated rings. The monoisotopic (exact) mass is 403 g/mol. The van der Waals surface area contributed by atoms with Gasteiger partial charge in [0, 0.05) is 22.9 Å². The standard InChI is InChI=1S/C20H9F4NO4/c21-10-6-11(17(23)18(24)16(10)22)25-7-1-2-8-9(5-7)20(29)15-13(27)4-3-12(26)14(15)19(8)28/h1-6,25-27H. The number of halogens is 4. The molecule has 3 aromatic rings. The number of aromatic hydroxyl groups is 2. The van der Waals surface area contributed by atoms with Gasteiger partial charge < -0.3 is 15.5 Å². The summed E-state index contributed by atoms with van der Waals surface area (Å²) in [7, 11) is 0. The smallest absolute Gasteiger partial charge is 0.199 e. The van der Waals surface area contributed by atoms with Crippen molar-refractivity contribution in [2.24, 2.45) is 0 Å². The van der Waals surface area contributed by atoms with E-state index in [1.807, 2.05) is 0 Å². The van der Waals surface area contributed by atoms with E-state index in [1.54, 1.807) is 0 Å². The summed E-state index contributed by atoms with van der Waals surface area (Å²) < 4.78 is 53.8. The van der Waals surface area contributed by atoms with Gasteiger partial charge in [-0.25, -0.2) is 17.6 Å². The van der Waals surface area contributed by atoms with E-state index in [0.29, 0.717) is 6.07 Å². The Morgan fingerprint density at radius 1 is 0.690 bits per heavy atom. The third-order valence-electron chi connectivity index (χ3n) is 4.51. The molecule has 146 valence electrons. The number of carbonyl (C=O) groups excluding carboxylic acids is 2. The molecule has 0 saturated carbocycles. The van der Waals surface area contributed by atoms with Crippen LogP contribution in [0.15, 0.2) is 36.4 Å². The molecule has 1 aliphatic carbocycles. The van der Waals surface area contributed by atoms with Crippen LogP contribution >= 0.6 is 0 Å². The van der Waals surface area contributed by atoms with Crippen molar-refractivity contribution < 1.29 is 37.4 Å². The minimum atomic E-state index is -2.01. The molecule has 0 aliphatic heterocycles. The summed E-state index contributed by atoms with van der Waals surface area (Å²) in [5, 5.41) is 22.2. The van der Waals surface area contributed by atoms with E-state index in [1.165, 1.54) is 12.1 Å². The molecule has 29 heavy (non-hydrogen) atoms. The van der Waals surface area contributed by atoms with Gasteiger partial charge in [-0.1, -0.05) is 0 Å². The highest BCUT2D eigenvalue weighted by molar-refractivity contribution is 6.30. The SMILES string of the molecule is O=C1c2ccc(Nc3cc(F)c(F)c(F)c3F)cc2C(=O)c2c(O)ccc(O)c21. The number of phenolic OH excluding ortho intramolecular Hbond substituents is 2. The first-order chi connectivity index (χ1) is 13.7. The van der Waals surface area contributed by atoms with Gasteiger partial charge in [-0.3, -0.25) is 9.59 Å². The van der Waals surface area contributed by atoms with E-state index < -0.39 is 57.6 Å². The van der Waals surface area contributed by atoms with Crippen molar-refractivity contribution in [2.45, 2.75) is 0 Å². The molecule has 0 saturated heterocycles. The summed E-state index contributed by atoms with van der Waals surface area (Å²) in [5.74, 6) is -9.78. The Balaban J connectivity index is 1.80. The normalized spacial score (nSPS) is 12.6. The van der Waals surface area contributed by atoms with Crippen LogP contribution < -0.4 is 5.32 Å². The maximum absolute atomic E-state index is 13.9. The lowest BCUT2D eigenvalue weighted by Gasteiger charge is -2.20. The zero-order valence-electron chi connectivity index (χ0n) is 14.2. The van der Waals surface area contributed by atoms with Crippen LogP contribution in [0.5, 0.6) is 11.5 Å². The molecule has 9 heteroatoms. The quantitative estimate of drug-likeness (QED) is 0.202. The lowest BCUT2D eigenvalue weighted by atomic mass is 9.83. The first kappa shape index (κ1) is 18.5. The number of hydrogen-bond donors (Lipinski definition) is 3. The fourth-order valence-electron chi connectivity index (χ4n) is 3.14. The van der Waals surface area contributed by atoms with Gasteiger partial charge in [0.1, 0.15) is 11.5 Å². The van der Waals surface area contributed by atoms with Crippen LogP contribution in [-0.4, -0.2) is 21.8 Å². The highest BCUT2D eigenvalue weighted by atomic mass is 19.2. The minimum Gasteiger partial charge on any atom is -0.507 e. The lowest BCUT2D eigenvalue weighted by Crippen LogP contribution is -2.21. The molecule has 0 unspecified atom stereocenters. The van der Waals surface area contributed by atoms with Crippen molar-refractivity contribution in [3.63, 3.8) is 0 Å². The molecule has 5 nitrogen and oxygen atoms in total. The molecular formula is C20H9F4NO4. The molecule has 4 rings (SSSR count). The van der Waals surface area contributed by atoms with Gasteiger partial charge >= 0.3 is 0 Å². The average molecular weight is 403 g/mol. The summed E-state index contributed by atoms with van der Waals surface area (Å²) in [4.78, 5) is 25.4. The first-order valence-corrected chi connectivity index (χ1v) is 8.09. The van der Waals surface area contributed by atoms with Gasteiger partial charge in [0.05, 0.1) is 16.8 Å². The highest BCUT2D eigenvalue weighted by Crippen LogP contribution is 2.38. The topological polar surface area (TPSA) is 86.6 Å². The molecule has 0 amide bonds. The van der Waals surface area contributed by atoms with Crippen molar-refractivity contribution in [3.8, 4) is 11.5 Å². The fourth-order valence-corrected chi connectivity index (χ4v) is 3.14. The Bertz CT molecular complexity index is 1240. The summed E-state index contributed by atoms with van der Waals surface area (Å²) in [6, 6.07) is 6.05. The van der Waals surface area contributed by atoms with Gasteiger partial charge in [-0.15, -0.1) is 0 Å². The van der Waals surface area contributed by atoms with Gasteiger partial charge in [0.2, 0.25) is 0 Å². The van der Waals surface area contributed by atoms with Crippen molar-refractivity contribution in [1.29, 1.82) is 0 Å². The van der Waals surface area contributed by atoms with Gasteiger partial charge in [0.25, 0.3) is 0 Å². The highest BCUT2D eigenvalue weighted by Gasteiger charge is 2.34. The zero-order chi connectivity index (χ0) is 21.0. The fraction of sp³-hybridized carbons (Fsp3) is 0. The zero-order valence-corrected chi connectivity index (χ0v) is 14.2. The number of hydrogen-bond acceptors (Lipinski definition) is 5. The lowest BCUT2D eigenvalue weighted by molar-refractivity contribution is 0.0974. The molecule has 0 spiro atoms. The van der Waals surface area contributed by atoms with Crippen molar-refractivity contribution in [3.05, 3.63) is 81.9 Å². The molecular weight excluding hydrogens is 394 g/mol. The van der Waals surface area contributed by atoms with Crippen LogP contribution in [0.1, 0.15) is 31.8 Å². The summed E-state index contributed by atoms with van der Waals surface area (Å²) >= 11 is 0. The van der Waals surface area contributed by atoms with E-state index >= 15 is 0 Å². The Kier molecular flexibility index (Phi) is 4.04. The number of carbonyl (C=O) groups is 2. The molecule has 3 aromatic carbocycles. The van der Waals surface area contributed by atoms with E-state index in [0.717, 1.165) is 18.2 Å². The molecule has 0 bridgehead atoms. The molecule has 3 N–H and O–H groups in total. The number of ketones is 2. The van der Waals surface area contributed by atoms with Crippen molar-refractivity contribution >= 4 is 22.9 Å². The van der Waals surface area contributed by atoms with Crippen LogP contribution in [0.25, 0.3) is 0 Å². The van der Waals surface area contributed by atoms with Crippen LogP contribution in [-0.2, 0) is 0 Å². The van der Waals surface area contributed by atoms with E-state index in [2.05, 4.69) is 5.32 Å². The summed E-state index contributed by atoms with van der Waals surface area (Å²) in [6.45, 7) is 0. The first-order valence-electron chi connectivity index (χ1n) is 8.09. The average Bonchev–Trinajstić information content (AvgIpc) is 2.70. The number of nitrogens with one attached hydrogen (secondary N) is 1. The van der Waals surface area contributed by atoms with E-state index in [9.17, 15) is 37.4 Å². The number of anilines is 2. The Morgan fingerprint density at radius 2 is 1.28 bits per heavy atom. The Hall–Kier alpha value is -3.88. The van der Waals surface area contributed by atoms with E-state index in [-0.39, 0.29) is 22.4 Å². The molecule has 0 aromatic heterocycles. The Labute approximate surface area is 159 Å². The second kappa shape index (κ2) is 6.33. The van der Waals surface area contributed by atoms with Crippen LogP contribution in [0, 0.1) is 23.3 Å². The third kappa shape index (κ3) is 2.70. The third-order valence-corrected chi connectivity index (χ3v) is 4.51. The van der Waals surface area contributed by atoms with Crippen molar-refractivity contribution in [1.82, 2.24) is 0 Å². The van der Waals surface area contributed by atoms with Crippen LogP contribution in [0.3, 0.4) is 0 Å². The molecule has 0 radical (unpaired) electrons. The predicted molar refractivity (Wildman–Crippen MR) is 92.6 cm³/mol. The number of fused-ring (bicyclic) bond motifs is 2. The molecule has 0 heterocycles. The van der Waals surface area contributed by atoms with Crippen molar-refractivity contribution in [2.75, 3.05) is 5.32 Å². The van der Waals surface area contributed by atoms with Gasteiger partial charge in [-0.05, 0) is 30.3 Å². The Morgan fingerprint density at radius 3 is 1.90 bits per heavy atom. The van der Waals surface area contributed by atoms with Crippen LogP contribution in [0.4, 0.5) is 28.9 Å². The van der Waals surface area contributed by atoms with E-state index in [4.69, 9.17) is 0 Å². The van der Waals surface area contributed by atoms with Crippen LogP contribution in [0.2, 0.25) is 0 Å². The number of rotatable bonds is 2. The maximum Gasteiger partial charge on any atom is 0.199 e. The minimum absolute atomic E-state index is 0.0303. The number of phenols is 2. The summed E-state index contributed by atoms with van der Waals surface area (Å²) in [5.41, 5.74) is -1.78. The second-order valence-electron chi connectivity index (χ2n) is 6.25.